The van der Waals surface area contributed by atoms with Crippen molar-refractivity contribution in [2.24, 2.45) is 0 Å². The van der Waals surface area contributed by atoms with Crippen molar-refractivity contribution in [3.63, 3.8) is 0 Å². The van der Waals surface area contributed by atoms with Crippen molar-refractivity contribution in [1.29, 1.82) is 0 Å². The summed E-state index contributed by atoms with van der Waals surface area (Å²) in [5, 5.41) is 8.92. The Hall–Kier alpha value is -1.14. The van der Waals surface area contributed by atoms with Gasteiger partial charge in [-0.3, -0.25) is 14.5 Å². The molecule has 0 spiro atoms. The maximum Gasteiger partial charge on any atom is 0.242 e. The lowest BCUT2D eigenvalue weighted by atomic mass is 10.1. The van der Waals surface area contributed by atoms with Crippen LogP contribution >= 0.6 is 0 Å². The van der Waals surface area contributed by atoms with Gasteiger partial charge in [-0.1, -0.05) is 0 Å². The molecule has 20 heavy (non-hydrogen) atoms. The van der Waals surface area contributed by atoms with Gasteiger partial charge in [-0.2, -0.15) is 0 Å². The Balaban J connectivity index is 2.35. The van der Waals surface area contributed by atoms with Gasteiger partial charge in [0.15, 0.2) is 0 Å². The van der Waals surface area contributed by atoms with Gasteiger partial charge in [0.05, 0.1) is 6.54 Å². The second-order valence-corrected chi connectivity index (χ2v) is 6.41. The molecule has 1 fully saturated rings. The first-order valence-electron chi connectivity index (χ1n) is 7.32. The summed E-state index contributed by atoms with van der Waals surface area (Å²) in [4.78, 5) is 26.0. The van der Waals surface area contributed by atoms with Crippen molar-refractivity contribution in [1.82, 2.24) is 20.9 Å². The van der Waals surface area contributed by atoms with E-state index >= 15 is 0 Å². The summed E-state index contributed by atoms with van der Waals surface area (Å²) < 4.78 is 0. The van der Waals surface area contributed by atoms with Gasteiger partial charge in [0.2, 0.25) is 11.8 Å². The smallest absolute Gasteiger partial charge is 0.242 e. The zero-order chi connectivity index (χ0) is 15.2. The van der Waals surface area contributed by atoms with Crippen LogP contribution in [-0.4, -0.2) is 61.0 Å². The summed E-state index contributed by atoms with van der Waals surface area (Å²) in [6.07, 6.45) is 1.05. The summed E-state index contributed by atoms with van der Waals surface area (Å²) >= 11 is 0. The maximum atomic E-state index is 12.0. The van der Waals surface area contributed by atoms with E-state index in [2.05, 4.69) is 20.9 Å². The first-order chi connectivity index (χ1) is 9.28. The average molecular weight is 284 g/mol. The summed E-state index contributed by atoms with van der Waals surface area (Å²) in [7, 11) is 0. The summed E-state index contributed by atoms with van der Waals surface area (Å²) in [6.45, 7) is 11.5. The van der Waals surface area contributed by atoms with Gasteiger partial charge in [0.25, 0.3) is 0 Å². The number of amides is 2. The Morgan fingerprint density at radius 1 is 1.25 bits per heavy atom. The Kier molecular flexibility index (Phi) is 6.42. The van der Waals surface area contributed by atoms with Crippen molar-refractivity contribution >= 4 is 11.8 Å². The van der Waals surface area contributed by atoms with E-state index in [-0.39, 0.29) is 17.4 Å². The molecule has 1 unspecified atom stereocenters. The number of rotatable bonds is 4. The highest BCUT2D eigenvalue weighted by Gasteiger charge is 2.21. The Bertz CT molecular complexity index is 331. The van der Waals surface area contributed by atoms with Crippen LogP contribution in [0.25, 0.3) is 0 Å². The Morgan fingerprint density at radius 2 is 1.95 bits per heavy atom. The van der Waals surface area contributed by atoms with Crippen molar-refractivity contribution in [3.8, 4) is 0 Å². The molecule has 0 aromatic heterocycles. The molecular weight excluding hydrogens is 256 g/mol. The Labute approximate surface area is 121 Å². The fraction of sp³-hybridized carbons (Fsp3) is 0.857. The fourth-order valence-electron chi connectivity index (χ4n) is 2.09. The molecular formula is C14H28N4O2. The highest BCUT2D eigenvalue weighted by molar-refractivity contribution is 5.88. The topological polar surface area (TPSA) is 73.5 Å². The van der Waals surface area contributed by atoms with Crippen LogP contribution in [0.5, 0.6) is 0 Å². The van der Waals surface area contributed by atoms with Crippen LogP contribution in [0.3, 0.4) is 0 Å². The van der Waals surface area contributed by atoms with Gasteiger partial charge < -0.3 is 16.0 Å². The van der Waals surface area contributed by atoms with Gasteiger partial charge in [-0.05, 0) is 47.2 Å². The molecule has 0 aromatic carbocycles. The third-order valence-electron chi connectivity index (χ3n) is 3.07. The van der Waals surface area contributed by atoms with E-state index in [1.165, 1.54) is 0 Å². The number of nitrogens with zero attached hydrogens (tertiary/aromatic N) is 1. The van der Waals surface area contributed by atoms with Crippen LogP contribution in [0.4, 0.5) is 0 Å². The maximum absolute atomic E-state index is 12.0. The molecule has 3 N–H and O–H groups in total. The first kappa shape index (κ1) is 16.9. The number of carbonyl (C=O) groups excluding carboxylic acids is 2. The second kappa shape index (κ2) is 7.59. The minimum Gasteiger partial charge on any atom is -0.350 e. The molecule has 6 heteroatoms. The quantitative estimate of drug-likeness (QED) is 0.663. The van der Waals surface area contributed by atoms with E-state index in [0.717, 1.165) is 32.6 Å². The van der Waals surface area contributed by atoms with Gasteiger partial charge in [0, 0.05) is 18.6 Å². The molecule has 2 amide bonds. The SMILES string of the molecule is CC(NC(=O)CN1CCCNCC1)C(=O)NC(C)(C)C. The minimum atomic E-state index is -0.508. The molecule has 1 atom stereocenters. The highest BCUT2D eigenvalue weighted by atomic mass is 16.2. The zero-order valence-corrected chi connectivity index (χ0v) is 13.1. The van der Waals surface area contributed by atoms with Crippen LogP contribution in [0.2, 0.25) is 0 Å². The second-order valence-electron chi connectivity index (χ2n) is 6.41. The number of hydrogen-bond acceptors (Lipinski definition) is 4. The molecule has 0 radical (unpaired) electrons. The molecule has 0 aliphatic carbocycles. The van der Waals surface area contributed by atoms with E-state index in [1.54, 1.807) is 6.92 Å². The predicted molar refractivity (Wildman–Crippen MR) is 79.4 cm³/mol. The molecule has 1 aliphatic heterocycles. The fourth-order valence-corrected chi connectivity index (χ4v) is 2.09. The van der Waals surface area contributed by atoms with E-state index in [0.29, 0.717) is 6.54 Å². The molecule has 1 saturated heterocycles. The molecule has 0 bridgehead atoms. The van der Waals surface area contributed by atoms with E-state index in [1.807, 2.05) is 20.8 Å². The third-order valence-corrected chi connectivity index (χ3v) is 3.07. The molecule has 116 valence electrons. The molecule has 1 heterocycles. The number of nitrogens with one attached hydrogen (secondary N) is 3. The summed E-state index contributed by atoms with van der Waals surface area (Å²) in [5.74, 6) is -0.244. The van der Waals surface area contributed by atoms with Crippen LogP contribution in [-0.2, 0) is 9.59 Å². The van der Waals surface area contributed by atoms with Crippen LogP contribution < -0.4 is 16.0 Å². The van der Waals surface area contributed by atoms with Crippen LogP contribution in [0.1, 0.15) is 34.1 Å². The Morgan fingerprint density at radius 3 is 2.60 bits per heavy atom. The lowest BCUT2D eigenvalue weighted by Crippen LogP contribution is -2.52. The standard InChI is InChI=1S/C14H28N4O2/c1-11(13(20)17-14(2,3)4)16-12(19)10-18-8-5-6-15-7-9-18/h11,15H,5-10H2,1-4H3,(H,16,19)(H,17,20). The first-order valence-corrected chi connectivity index (χ1v) is 7.32. The van der Waals surface area contributed by atoms with Gasteiger partial charge in [-0.25, -0.2) is 0 Å². The highest BCUT2D eigenvalue weighted by Crippen LogP contribution is 2.00. The summed E-state index contributed by atoms with van der Waals surface area (Å²) in [6, 6.07) is -0.508. The van der Waals surface area contributed by atoms with Gasteiger partial charge in [0.1, 0.15) is 6.04 Å². The monoisotopic (exact) mass is 284 g/mol. The van der Waals surface area contributed by atoms with Crippen molar-refractivity contribution in [2.75, 3.05) is 32.7 Å². The van der Waals surface area contributed by atoms with Gasteiger partial charge in [-0.15, -0.1) is 0 Å². The normalized spacial score (nSPS) is 19.0. The molecule has 1 rings (SSSR count). The van der Waals surface area contributed by atoms with E-state index < -0.39 is 6.04 Å². The lowest BCUT2D eigenvalue weighted by molar-refractivity contribution is -0.130. The zero-order valence-electron chi connectivity index (χ0n) is 13.1. The molecule has 0 aromatic rings. The predicted octanol–water partition coefficient (Wildman–Crippen LogP) is -0.299. The lowest BCUT2D eigenvalue weighted by Gasteiger charge is -2.24. The summed E-state index contributed by atoms with van der Waals surface area (Å²) in [5.41, 5.74) is -0.285. The largest absolute Gasteiger partial charge is 0.350 e. The van der Waals surface area contributed by atoms with Crippen LogP contribution in [0, 0.1) is 0 Å². The van der Waals surface area contributed by atoms with Crippen molar-refractivity contribution in [2.45, 2.75) is 45.7 Å². The average Bonchev–Trinajstić information content (AvgIpc) is 2.55. The molecule has 1 aliphatic rings. The van der Waals surface area contributed by atoms with Crippen molar-refractivity contribution in [3.05, 3.63) is 0 Å². The van der Waals surface area contributed by atoms with E-state index in [4.69, 9.17) is 0 Å². The van der Waals surface area contributed by atoms with Crippen molar-refractivity contribution < 1.29 is 9.59 Å². The number of carbonyl (C=O) groups is 2. The third kappa shape index (κ3) is 6.86. The minimum absolute atomic E-state index is 0.0940. The van der Waals surface area contributed by atoms with E-state index in [9.17, 15) is 9.59 Å². The van der Waals surface area contributed by atoms with Crippen LogP contribution in [0.15, 0.2) is 0 Å². The molecule has 0 saturated carbocycles. The number of hydrogen-bond donors (Lipinski definition) is 3. The molecule has 6 nitrogen and oxygen atoms in total. The van der Waals surface area contributed by atoms with Gasteiger partial charge >= 0.3 is 0 Å².